The molecular weight excluding hydrogens is 274 g/mol. The van der Waals surface area contributed by atoms with Gasteiger partial charge in [0.05, 0.1) is 5.69 Å². The summed E-state index contributed by atoms with van der Waals surface area (Å²) in [7, 11) is 0. The Bertz CT molecular complexity index is 763. The minimum atomic E-state index is -1.05. The minimum Gasteiger partial charge on any atom is -0.477 e. The molecule has 1 N–H and O–H groups in total. The molecule has 0 spiro atoms. The summed E-state index contributed by atoms with van der Waals surface area (Å²) in [5.74, 6) is -2.96. The largest absolute Gasteiger partial charge is 0.477 e. The van der Waals surface area contributed by atoms with E-state index in [-0.39, 0.29) is 16.1 Å². The number of rotatable bonds is 2. The second-order valence-electron chi connectivity index (χ2n) is 3.82. The fourth-order valence-corrected chi connectivity index (χ4v) is 2.53. The average molecular weight is 280 g/mol. The summed E-state index contributed by atoms with van der Waals surface area (Å²) < 4.78 is 28.2. The molecule has 96 valence electrons. The van der Waals surface area contributed by atoms with Gasteiger partial charge in [-0.3, -0.25) is 4.40 Å². The van der Waals surface area contributed by atoms with Crippen molar-refractivity contribution in [2.75, 3.05) is 0 Å². The van der Waals surface area contributed by atoms with Crippen LogP contribution in [0.3, 0.4) is 0 Å². The first-order valence-electron chi connectivity index (χ1n) is 5.22. The maximum Gasteiger partial charge on any atom is 0.347 e. The molecule has 0 fully saturated rings. The van der Waals surface area contributed by atoms with Crippen LogP contribution in [-0.4, -0.2) is 20.5 Å². The van der Waals surface area contributed by atoms with Gasteiger partial charge in [0.1, 0.15) is 4.88 Å². The molecule has 19 heavy (non-hydrogen) atoms. The highest BCUT2D eigenvalue weighted by Gasteiger charge is 2.15. The van der Waals surface area contributed by atoms with Gasteiger partial charge in [-0.05, 0) is 12.1 Å². The van der Waals surface area contributed by atoms with Gasteiger partial charge in [-0.2, -0.15) is 0 Å². The van der Waals surface area contributed by atoms with E-state index in [4.69, 9.17) is 5.11 Å². The molecule has 3 aromatic rings. The van der Waals surface area contributed by atoms with Crippen LogP contribution in [0.15, 0.2) is 30.6 Å². The van der Waals surface area contributed by atoms with Gasteiger partial charge < -0.3 is 5.11 Å². The molecule has 0 saturated carbocycles. The predicted molar refractivity (Wildman–Crippen MR) is 65.4 cm³/mol. The smallest absolute Gasteiger partial charge is 0.347 e. The Hall–Kier alpha value is -2.28. The molecule has 0 atom stereocenters. The standard InChI is InChI=1S/C12H6F2N2O2S/c13-7-3-1-2-6(10(7)14)8-4-16-5-9(11(17)18)19-12(16)15-8/h1-5H,(H,17,18). The maximum absolute atomic E-state index is 13.6. The molecule has 0 amide bonds. The summed E-state index contributed by atoms with van der Waals surface area (Å²) >= 11 is 0.967. The fraction of sp³-hybridized carbons (Fsp3) is 0. The van der Waals surface area contributed by atoms with Crippen LogP contribution in [0.25, 0.3) is 16.2 Å². The van der Waals surface area contributed by atoms with Crippen LogP contribution in [0.5, 0.6) is 0 Å². The number of imidazole rings is 1. The third-order valence-electron chi connectivity index (χ3n) is 2.59. The van der Waals surface area contributed by atoms with Gasteiger partial charge >= 0.3 is 5.97 Å². The summed E-state index contributed by atoms with van der Waals surface area (Å²) in [6.45, 7) is 0. The van der Waals surface area contributed by atoms with Crippen LogP contribution < -0.4 is 0 Å². The lowest BCUT2D eigenvalue weighted by Gasteiger charge is -1.99. The van der Waals surface area contributed by atoms with Gasteiger partial charge in [0.2, 0.25) is 0 Å². The molecule has 0 unspecified atom stereocenters. The Labute approximate surface area is 109 Å². The van der Waals surface area contributed by atoms with E-state index >= 15 is 0 Å². The van der Waals surface area contributed by atoms with Gasteiger partial charge in [0, 0.05) is 18.0 Å². The molecular formula is C12H6F2N2O2S. The first-order valence-corrected chi connectivity index (χ1v) is 6.04. The van der Waals surface area contributed by atoms with Crippen molar-refractivity contribution in [1.29, 1.82) is 0 Å². The van der Waals surface area contributed by atoms with Crippen LogP contribution >= 0.6 is 11.3 Å². The third kappa shape index (κ3) is 1.88. The van der Waals surface area contributed by atoms with E-state index < -0.39 is 17.6 Å². The Morgan fingerprint density at radius 3 is 2.79 bits per heavy atom. The van der Waals surface area contributed by atoms with E-state index in [0.29, 0.717) is 4.96 Å². The second-order valence-corrected chi connectivity index (χ2v) is 4.83. The lowest BCUT2D eigenvalue weighted by Crippen LogP contribution is -1.91. The number of carboxylic acids is 1. The number of fused-ring (bicyclic) bond motifs is 1. The highest BCUT2D eigenvalue weighted by atomic mass is 32.1. The monoisotopic (exact) mass is 280 g/mol. The molecule has 1 aromatic carbocycles. The second kappa shape index (κ2) is 4.13. The normalized spacial score (nSPS) is 11.1. The topological polar surface area (TPSA) is 54.6 Å². The third-order valence-corrected chi connectivity index (χ3v) is 3.58. The first-order chi connectivity index (χ1) is 9.06. The Morgan fingerprint density at radius 1 is 1.32 bits per heavy atom. The van der Waals surface area contributed by atoms with Gasteiger partial charge in [0.15, 0.2) is 16.6 Å². The van der Waals surface area contributed by atoms with Crippen LogP contribution in [0.4, 0.5) is 8.78 Å². The van der Waals surface area contributed by atoms with E-state index in [1.807, 2.05) is 0 Å². The number of hydrogen-bond donors (Lipinski definition) is 1. The Balaban J connectivity index is 2.13. The number of thiazole rings is 1. The molecule has 0 saturated heterocycles. The zero-order valence-electron chi connectivity index (χ0n) is 9.30. The molecule has 0 radical (unpaired) electrons. The van der Waals surface area contributed by atoms with Crippen LogP contribution in [-0.2, 0) is 0 Å². The van der Waals surface area contributed by atoms with Crippen molar-refractivity contribution in [3.05, 3.63) is 47.1 Å². The van der Waals surface area contributed by atoms with E-state index in [2.05, 4.69) is 4.98 Å². The molecule has 0 aliphatic heterocycles. The van der Waals surface area contributed by atoms with E-state index in [0.717, 1.165) is 17.4 Å². The van der Waals surface area contributed by atoms with E-state index in [1.54, 1.807) is 0 Å². The first kappa shape index (κ1) is 11.8. The summed E-state index contributed by atoms with van der Waals surface area (Å²) in [6.07, 6.45) is 2.85. The predicted octanol–water partition coefficient (Wildman–Crippen LogP) is 3.04. The lowest BCUT2D eigenvalue weighted by atomic mass is 10.1. The SMILES string of the molecule is O=C(O)c1cn2cc(-c3cccc(F)c3F)nc2s1. The average Bonchev–Trinajstić information content (AvgIpc) is 2.90. The zero-order chi connectivity index (χ0) is 13.6. The Kier molecular flexibility index (Phi) is 2.56. The molecule has 7 heteroatoms. The highest BCUT2D eigenvalue weighted by molar-refractivity contribution is 7.18. The number of halogens is 2. The van der Waals surface area contributed by atoms with Crippen molar-refractivity contribution in [2.45, 2.75) is 0 Å². The number of hydrogen-bond acceptors (Lipinski definition) is 3. The van der Waals surface area contributed by atoms with Crippen LogP contribution in [0, 0.1) is 11.6 Å². The van der Waals surface area contributed by atoms with Crippen LogP contribution in [0.2, 0.25) is 0 Å². The number of benzene rings is 1. The van der Waals surface area contributed by atoms with Gasteiger partial charge in [-0.25, -0.2) is 18.6 Å². The summed E-state index contributed by atoms with van der Waals surface area (Å²) in [4.78, 5) is 15.4. The minimum absolute atomic E-state index is 0.0489. The molecule has 2 heterocycles. The van der Waals surface area contributed by atoms with Crippen molar-refractivity contribution in [1.82, 2.24) is 9.38 Å². The van der Waals surface area contributed by atoms with Crippen LogP contribution in [0.1, 0.15) is 9.67 Å². The number of carbonyl (C=O) groups is 1. The van der Waals surface area contributed by atoms with E-state index in [1.165, 1.54) is 28.9 Å². The molecule has 2 aromatic heterocycles. The van der Waals surface area contributed by atoms with Gasteiger partial charge in [-0.1, -0.05) is 17.4 Å². The molecule has 0 bridgehead atoms. The van der Waals surface area contributed by atoms with Crippen molar-refractivity contribution in [3.8, 4) is 11.3 Å². The zero-order valence-corrected chi connectivity index (χ0v) is 10.1. The molecule has 4 nitrogen and oxygen atoms in total. The van der Waals surface area contributed by atoms with Crippen molar-refractivity contribution in [3.63, 3.8) is 0 Å². The quantitative estimate of drug-likeness (QED) is 0.785. The molecule has 3 rings (SSSR count). The fourth-order valence-electron chi connectivity index (χ4n) is 1.73. The Morgan fingerprint density at radius 2 is 2.11 bits per heavy atom. The van der Waals surface area contributed by atoms with Crippen molar-refractivity contribution in [2.24, 2.45) is 0 Å². The number of nitrogens with zero attached hydrogens (tertiary/aromatic N) is 2. The highest BCUT2D eigenvalue weighted by Crippen LogP contribution is 2.26. The summed E-state index contributed by atoms with van der Waals surface area (Å²) in [5.41, 5.74) is 0.313. The number of carboxylic acid groups (broad SMARTS) is 1. The number of aromatic carboxylic acids is 1. The lowest BCUT2D eigenvalue weighted by molar-refractivity contribution is 0.0702. The van der Waals surface area contributed by atoms with Crippen molar-refractivity contribution >= 4 is 22.3 Å². The summed E-state index contributed by atoms with van der Waals surface area (Å²) in [5, 5.41) is 8.83. The summed E-state index contributed by atoms with van der Waals surface area (Å²) in [6, 6.07) is 3.84. The van der Waals surface area contributed by atoms with Gasteiger partial charge in [-0.15, -0.1) is 0 Å². The van der Waals surface area contributed by atoms with E-state index in [9.17, 15) is 13.6 Å². The number of aromatic nitrogens is 2. The molecule has 0 aliphatic carbocycles. The van der Waals surface area contributed by atoms with Crippen molar-refractivity contribution < 1.29 is 18.7 Å². The molecule has 0 aliphatic rings. The maximum atomic E-state index is 13.6. The van der Waals surface area contributed by atoms with Gasteiger partial charge in [0.25, 0.3) is 0 Å².